The van der Waals surface area contributed by atoms with Gasteiger partial charge in [-0.2, -0.15) is 0 Å². The molecule has 0 aliphatic carbocycles. The van der Waals surface area contributed by atoms with Gasteiger partial charge in [-0.3, -0.25) is 0 Å². The second-order valence-electron chi connectivity index (χ2n) is 3.73. The van der Waals surface area contributed by atoms with E-state index in [1.54, 1.807) is 6.07 Å². The van der Waals surface area contributed by atoms with Gasteiger partial charge in [0, 0.05) is 6.26 Å². The van der Waals surface area contributed by atoms with Crippen LogP contribution in [0, 0.1) is 0 Å². The van der Waals surface area contributed by atoms with Crippen molar-refractivity contribution in [2.24, 2.45) is 0 Å². The average molecular weight is 261 g/mol. The Morgan fingerprint density at radius 3 is 2.71 bits per heavy atom. The zero-order valence-electron chi connectivity index (χ0n) is 9.47. The van der Waals surface area contributed by atoms with Gasteiger partial charge in [-0.15, -0.1) is 0 Å². The van der Waals surface area contributed by atoms with Gasteiger partial charge in [0.25, 0.3) is 0 Å². The van der Waals surface area contributed by atoms with Gasteiger partial charge < -0.3 is 14.8 Å². The quantitative estimate of drug-likeness (QED) is 0.694. The summed E-state index contributed by atoms with van der Waals surface area (Å²) < 4.78 is 26.7. The molecule has 0 fully saturated rings. The molecule has 0 saturated carbocycles. The molecule has 1 aromatic heterocycles. The lowest BCUT2D eigenvalue weighted by Gasteiger charge is -2.01. The number of nitrogens with one attached hydrogen (secondary N) is 1. The van der Waals surface area contributed by atoms with Gasteiger partial charge in [-0.25, -0.2) is 13.2 Å². The molecular formula is C10H15NO5S. The molecule has 0 radical (unpaired) electrons. The zero-order chi connectivity index (χ0) is 12.9. The van der Waals surface area contributed by atoms with Crippen LogP contribution in [-0.2, 0) is 16.4 Å². The molecule has 2 N–H and O–H groups in total. The molecule has 1 rings (SSSR count). The van der Waals surface area contributed by atoms with Crippen molar-refractivity contribution in [1.29, 1.82) is 0 Å². The summed E-state index contributed by atoms with van der Waals surface area (Å²) in [6, 6.07) is 2.96. The summed E-state index contributed by atoms with van der Waals surface area (Å²) in [6.07, 6.45) is 1.71. The minimum Gasteiger partial charge on any atom is -0.475 e. The van der Waals surface area contributed by atoms with Gasteiger partial charge in [-0.1, -0.05) is 0 Å². The highest BCUT2D eigenvalue weighted by molar-refractivity contribution is 7.90. The third-order valence-corrected chi connectivity index (χ3v) is 3.07. The fourth-order valence-corrected chi connectivity index (χ4v) is 1.93. The van der Waals surface area contributed by atoms with Crippen molar-refractivity contribution in [2.45, 2.75) is 13.0 Å². The van der Waals surface area contributed by atoms with E-state index in [4.69, 9.17) is 9.52 Å². The van der Waals surface area contributed by atoms with E-state index in [-0.39, 0.29) is 11.5 Å². The minimum atomic E-state index is -2.92. The first kappa shape index (κ1) is 13.7. The van der Waals surface area contributed by atoms with E-state index in [1.165, 1.54) is 12.3 Å². The average Bonchev–Trinajstić information content (AvgIpc) is 2.64. The number of aromatic carboxylic acids is 1. The molecular weight excluding hydrogens is 246 g/mol. The van der Waals surface area contributed by atoms with Crippen molar-refractivity contribution in [3.05, 3.63) is 23.7 Å². The van der Waals surface area contributed by atoms with E-state index in [0.717, 1.165) is 0 Å². The second-order valence-corrected chi connectivity index (χ2v) is 5.99. The van der Waals surface area contributed by atoms with E-state index in [1.807, 2.05) is 0 Å². The summed E-state index contributed by atoms with van der Waals surface area (Å²) in [4.78, 5) is 10.5. The highest BCUT2D eigenvalue weighted by Crippen LogP contribution is 2.07. The number of carboxylic acids is 1. The maximum Gasteiger partial charge on any atom is 0.371 e. The minimum absolute atomic E-state index is 0.0991. The van der Waals surface area contributed by atoms with Crippen molar-refractivity contribution in [3.8, 4) is 0 Å². The third-order valence-electron chi connectivity index (χ3n) is 2.04. The normalized spacial score (nSPS) is 11.6. The molecule has 0 saturated heterocycles. The predicted molar refractivity (Wildman–Crippen MR) is 61.7 cm³/mol. The number of rotatable bonds is 7. The summed E-state index contributed by atoms with van der Waals surface area (Å²) in [5.74, 6) is -0.550. The van der Waals surface area contributed by atoms with Crippen LogP contribution in [0.1, 0.15) is 22.7 Å². The van der Waals surface area contributed by atoms with Crippen LogP contribution in [0.4, 0.5) is 0 Å². The maximum atomic E-state index is 10.8. The Balaban J connectivity index is 2.24. The van der Waals surface area contributed by atoms with Gasteiger partial charge in [0.2, 0.25) is 5.76 Å². The van der Waals surface area contributed by atoms with E-state index in [9.17, 15) is 13.2 Å². The molecule has 0 atom stereocenters. The first-order valence-electron chi connectivity index (χ1n) is 5.09. The van der Waals surface area contributed by atoms with Crippen LogP contribution in [0.5, 0.6) is 0 Å². The Labute approximate surface area is 99.5 Å². The van der Waals surface area contributed by atoms with Crippen molar-refractivity contribution in [2.75, 3.05) is 18.6 Å². The summed E-state index contributed by atoms with van der Waals surface area (Å²) in [5, 5.41) is 11.6. The Morgan fingerprint density at radius 1 is 1.47 bits per heavy atom. The molecule has 0 unspecified atom stereocenters. The van der Waals surface area contributed by atoms with Crippen LogP contribution in [0.2, 0.25) is 0 Å². The monoisotopic (exact) mass is 261 g/mol. The molecule has 0 amide bonds. The van der Waals surface area contributed by atoms with Crippen molar-refractivity contribution in [1.82, 2.24) is 5.32 Å². The number of carboxylic acid groups (broad SMARTS) is 1. The molecule has 6 nitrogen and oxygen atoms in total. The number of hydrogen-bond donors (Lipinski definition) is 2. The summed E-state index contributed by atoms with van der Waals surface area (Å²) >= 11 is 0. The Hall–Kier alpha value is -1.34. The van der Waals surface area contributed by atoms with E-state index < -0.39 is 15.8 Å². The first-order valence-corrected chi connectivity index (χ1v) is 7.15. The fraction of sp³-hybridized carbons (Fsp3) is 0.500. The molecule has 7 heteroatoms. The number of furan rings is 1. The van der Waals surface area contributed by atoms with E-state index in [2.05, 4.69) is 5.32 Å². The second kappa shape index (κ2) is 5.83. The number of sulfone groups is 1. The predicted octanol–water partition coefficient (Wildman–Crippen LogP) is 0.502. The van der Waals surface area contributed by atoms with E-state index >= 15 is 0 Å². The van der Waals surface area contributed by atoms with Crippen LogP contribution in [0.3, 0.4) is 0 Å². The standard InChI is InChI=1S/C10H15NO5S/c1-17(14,15)6-2-5-11-7-8-3-4-9(16-8)10(12)13/h3-4,11H,2,5-7H2,1H3,(H,12,13). The topological polar surface area (TPSA) is 96.6 Å². The number of carbonyl (C=O) groups is 1. The van der Waals surface area contributed by atoms with Gasteiger partial charge in [-0.05, 0) is 25.1 Å². The first-order chi connectivity index (χ1) is 7.88. The van der Waals surface area contributed by atoms with Crippen LogP contribution in [0.25, 0.3) is 0 Å². The highest BCUT2D eigenvalue weighted by atomic mass is 32.2. The van der Waals surface area contributed by atoms with Crippen LogP contribution < -0.4 is 5.32 Å². The molecule has 17 heavy (non-hydrogen) atoms. The van der Waals surface area contributed by atoms with Crippen molar-refractivity contribution >= 4 is 15.8 Å². The smallest absolute Gasteiger partial charge is 0.371 e. The summed E-state index contributed by atoms with van der Waals surface area (Å²) in [7, 11) is -2.92. The van der Waals surface area contributed by atoms with Gasteiger partial charge >= 0.3 is 5.97 Å². The molecule has 0 bridgehead atoms. The highest BCUT2D eigenvalue weighted by Gasteiger charge is 2.08. The molecule has 0 aromatic carbocycles. The van der Waals surface area contributed by atoms with Gasteiger partial charge in [0.15, 0.2) is 0 Å². The summed E-state index contributed by atoms with van der Waals surface area (Å²) in [5.41, 5.74) is 0. The molecule has 0 spiro atoms. The largest absolute Gasteiger partial charge is 0.475 e. The third kappa shape index (κ3) is 5.50. The lowest BCUT2D eigenvalue weighted by Crippen LogP contribution is -2.17. The number of hydrogen-bond acceptors (Lipinski definition) is 5. The molecule has 0 aliphatic heterocycles. The van der Waals surface area contributed by atoms with Crippen LogP contribution >= 0.6 is 0 Å². The van der Waals surface area contributed by atoms with Crippen LogP contribution in [0.15, 0.2) is 16.5 Å². The lowest BCUT2D eigenvalue weighted by molar-refractivity contribution is 0.0660. The Kier molecular flexibility index (Phi) is 4.71. The Morgan fingerprint density at radius 2 is 2.18 bits per heavy atom. The SMILES string of the molecule is CS(=O)(=O)CCCNCc1ccc(C(=O)O)o1. The molecule has 96 valence electrons. The van der Waals surface area contributed by atoms with E-state index in [0.29, 0.717) is 25.3 Å². The molecule has 0 aliphatic rings. The van der Waals surface area contributed by atoms with Crippen molar-refractivity contribution < 1.29 is 22.7 Å². The van der Waals surface area contributed by atoms with Crippen molar-refractivity contribution in [3.63, 3.8) is 0 Å². The van der Waals surface area contributed by atoms with Gasteiger partial charge in [0.1, 0.15) is 15.6 Å². The fourth-order valence-electron chi connectivity index (χ4n) is 1.26. The summed E-state index contributed by atoms with van der Waals surface area (Å²) in [6.45, 7) is 0.924. The lowest BCUT2D eigenvalue weighted by atomic mass is 10.4. The Bertz CT molecular complexity index is 477. The van der Waals surface area contributed by atoms with Gasteiger partial charge in [0.05, 0.1) is 12.3 Å². The molecule has 1 aromatic rings. The zero-order valence-corrected chi connectivity index (χ0v) is 10.3. The van der Waals surface area contributed by atoms with Crippen LogP contribution in [-0.4, -0.2) is 38.0 Å². The maximum absolute atomic E-state index is 10.8. The molecule has 1 heterocycles.